The number of halogens is 1. The van der Waals surface area contributed by atoms with Gasteiger partial charge in [0.2, 0.25) is 0 Å². The molecule has 1 aliphatic heterocycles. The van der Waals surface area contributed by atoms with Crippen LogP contribution in [0.1, 0.15) is 61.9 Å². The third-order valence-electron chi connectivity index (χ3n) is 7.08. The topological polar surface area (TPSA) is 110 Å². The van der Waals surface area contributed by atoms with E-state index in [1.165, 1.54) is 20.0 Å². The van der Waals surface area contributed by atoms with E-state index in [2.05, 4.69) is 30.8 Å². The van der Waals surface area contributed by atoms with Gasteiger partial charge < -0.3 is 27.4 Å². The normalized spacial score (nSPS) is 23.8. The minimum Gasteiger partial charge on any atom is -0.381 e. The molecule has 2 atom stereocenters. The van der Waals surface area contributed by atoms with Crippen LogP contribution in [0.3, 0.4) is 0 Å². The molecule has 7 heteroatoms. The summed E-state index contributed by atoms with van der Waals surface area (Å²) in [6.07, 6.45) is 10.3. The fourth-order valence-corrected chi connectivity index (χ4v) is 4.92. The smallest absolute Gasteiger partial charge is 0.254 e. The predicted molar refractivity (Wildman–Crippen MR) is 152 cm³/mol. The zero-order valence-electron chi connectivity index (χ0n) is 22.4. The van der Waals surface area contributed by atoms with Crippen molar-refractivity contribution in [3.63, 3.8) is 0 Å². The summed E-state index contributed by atoms with van der Waals surface area (Å²) in [5, 5.41) is 3.34. The molecule has 0 radical (unpaired) electrons. The molecule has 1 aromatic carbocycles. The van der Waals surface area contributed by atoms with Gasteiger partial charge in [0.15, 0.2) is 0 Å². The van der Waals surface area contributed by atoms with Gasteiger partial charge in [0.05, 0.1) is 11.4 Å². The van der Waals surface area contributed by atoms with Gasteiger partial charge in [-0.1, -0.05) is 38.5 Å². The number of fused-ring (bicyclic) bond motifs is 1. The van der Waals surface area contributed by atoms with Gasteiger partial charge in [-0.15, -0.1) is 13.2 Å². The zero-order chi connectivity index (χ0) is 27.4. The maximum atomic E-state index is 13.4. The Morgan fingerprint density at radius 1 is 1.14 bits per heavy atom. The summed E-state index contributed by atoms with van der Waals surface area (Å²) in [5.41, 5.74) is 20.6. The van der Waals surface area contributed by atoms with Gasteiger partial charge in [-0.05, 0) is 75.1 Å². The Morgan fingerprint density at radius 2 is 1.78 bits per heavy atom. The first-order valence-corrected chi connectivity index (χ1v) is 12.7. The Hall–Kier alpha value is -2.74. The number of carbonyl (C=O) groups is 1. The quantitative estimate of drug-likeness (QED) is 0.317. The standard InChI is InChI=1S/C26H37FN4O.C2H4.CH5N/c1-4-20(9-8-19(3)27)17-30-22-10-11-23(21(5-2)16-22)24(32)31-15-14-25(28)12-6-7-13-26(25,29)18-31;2*1-2/h4,8-11,16,30H,1,5-7,12-15,17-18,28-29H2,2-3H3;1-2H2;2H2,1H3/b19-8+,20-9+;;. The first kappa shape index (κ1) is 31.3. The van der Waals surface area contributed by atoms with Crippen molar-refractivity contribution in [1.29, 1.82) is 0 Å². The second-order valence-electron chi connectivity index (χ2n) is 9.27. The molecule has 36 heavy (non-hydrogen) atoms. The maximum Gasteiger partial charge on any atom is 0.254 e. The van der Waals surface area contributed by atoms with Crippen LogP contribution in [0, 0.1) is 0 Å². The zero-order valence-corrected chi connectivity index (χ0v) is 22.4. The highest BCUT2D eigenvalue weighted by molar-refractivity contribution is 5.96. The van der Waals surface area contributed by atoms with E-state index in [9.17, 15) is 9.18 Å². The molecule has 3 rings (SSSR count). The van der Waals surface area contributed by atoms with E-state index < -0.39 is 5.54 Å². The number of allylic oxidation sites excluding steroid dienone is 3. The van der Waals surface area contributed by atoms with Crippen LogP contribution in [-0.4, -0.2) is 48.6 Å². The van der Waals surface area contributed by atoms with Crippen molar-refractivity contribution in [2.75, 3.05) is 32.0 Å². The molecular weight excluding hydrogens is 453 g/mol. The number of hydrogen-bond acceptors (Lipinski definition) is 5. The highest BCUT2D eigenvalue weighted by Crippen LogP contribution is 2.40. The third-order valence-corrected chi connectivity index (χ3v) is 7.08. The minimum atomic E-state index is -0.507. The number of benzene rings is 1. The fourth-order valence-electron chi connectivity index (χ4n) is 4.92. The number of piperidine rings is 1. The number of nitrogens with zero attached hydrogens (tertiary/aromatic N) is 1. The highest BCUT2D eigenvalue weighted by Gasteiger charge is 2.51. The molecule has 2 unspecified atom stereocenters. The van der Waals surface area contributed by atoms with Crippen molar-refractivity contribution in [1.82, 2.24) is 4.90 Å². The second kappa shape index (κ2) is 14.7. The third kappa shape index (κ3) is 7.63. The second-order valence-corrected chi connectivity index (χ2v) is 9.27. The van der Waals surface area contributed by atoms with Crippen LogP contribution >= 0.6 is 0 Å². The summed E-state index contributed by atoms with van der Waals surface area (Å²) in [5.74, 6) is -0.223. The van der Waals surface area contributed by atoms with Crippen molar-refractivity contribution in [2.24, 2.45) is 17.2 Å². The lowest BCUT2D eigenvalue weighted by molar-refractivity contribution is 0.0292. The number of anilines is 1. The molecule has 1 amide bonds. The molecule has 0 spiro atoms. The van der Waals surface area contributed by atoms with E-state index in [1.807, 2.05) is 30.0 Å². The molecule has 0 aromatic heterocycles. The van der Waals surface area contributed by atoms with Gasteiger partial charge in [-0.25, -0.2) is 4.39 Å². The van der Waals surface area contributed by atoms with Crippen molar-refractivity contribution in [3.05, 3.63) is 78.7 Å². The van der Waals surface area contributed by atoms with Crippen LogP contribution in [0.25, 0.3) is 0 Å². The van der Waals surface area contributed by atoms with E-state index in [0.717, 1.165) is 60.9 Å². The van der Waals surface area contributed by atoms with Crippen LogP contribution in [0.4, 0.5) is 10.1 Å². The molecule has 7 N–H and O–H groups in total. The SMILES string of the molecule is C=C.C=C/C(=C\C=C(/C)F)CNc1ccc(C(=O)N2CCC3(N)CCCCC3(N)C2)c(CC)c1.CN. The molecule has 1 heterocycles. The Bertz CT molecular complexity index is 940. The monoisotopic (exact) mass is 499 g/mol. The fraction of sp³-hybridized carbons (Fsp3) is 0.483. The van der Waals surface area contributed by atoms with E-state index in [0.29, 0.717) is 19.6 Å². The Labute approximate surface area is 217 Å². The number of nitrogens with one attached hydrogen (secondary N) is 1. The number of likely N-dealkylation sites (tertiary alicyclic amines) is 1. The first-order chi connectivity index (χ1) is 17.2. The number of rotatable bonds is 7. The van der Waals surface area contributed by atoms with Crippen molar-refractivity contribution in [3.8, 4) is 0 Å². The number of nitrogens with two attached hydrogens (primary N) is 3. The molecule has 1 aliphatic carbocycles. The van der Waals surface area contributed by atoms with E-state index in [-0.39, 0.29) is 17.3 Å². The highest BCUT2D eigenvalue weighted by atomic mass is 19.1. The molecule has 6 nitrogen and oxygen atoms in total. The molecule has 1 saturated heterocycles. The van der Waals surface area contributed by atoms with Gasteiger partial charge in [0.25, 0.3) is 5.91 Å². The summed E-state index contributed by atoms with van der Waals surface area (Å²) >= 11 is 0. The molecule has 2 aliphatic rings. The Balaban J connectivity index is 0.00000154. The Morgan fingerprint density at radius 3 is 2.36 bits per heavy atom. The van der Waals surface area contributed by atoms with E-state index >= 15 is 0 Å². The average Bonchev–Trinajstić information content (AvgIpc) is 2.90. The molecule has 1 aromatic rings. The summed E-state index contributed by atoms with van der Waals surface area (Å²) in [7, 11) is 1.50. The van der Waals surface area contributed by atoms with Gasteiger partial charge >= 0.3 is 0 Å². The lowest BCUT2D eigenvalue weighted by atomic mass is 9.64. The number of hydrogen-bond donors (Lipinski definition) is 4. The summed E-state index contributed by atoms with van der Waals surface area (Å²) in [6, 6.07) is 5.82. The Kier molecular flexibility index (Phi) is 12.8. The largest absolute Gasteiger partial charge is 0.381 e. The summed E-state index contributed by atoms with van der Waals surface area (Å²) in [6.45, 7) is 14.9. The molecule has 2 fully saturated rings. The summed E-state index contributed by atoms with van der Waals surface area (Å²) in [4.78, 5) is 15.3. The predicted octanol–water partition coefficient (Wildman–Crippen LogP) is 4.84. The van der Waals surface area contributed by atoms with Crippen molar-refractivity contribution < 1.29 is 9.18 Å². The first-order valence-electron chi connectivity index (χ1n) is 12.7. The van der Waals surface area contributed by atoms with Crippen molar-refractivity contribution >= 4 is 11.6 Å². The molecule has 1 saturated carbocycles. The van der Waals surface area contributed by atoms with Gasteiger partial charge in [0.1, 0.15) is 0 Å². The van der Waals surface area contributed by atoms with Gasteiger partial charge in [0, 0.05) is 36.4 Å². The minimum absolute atomic E-state index is 0.0288. The molecule has 0 bridgehead atoms. The maximum absolute atomic E-state index is 13.4. The summed E-state index contributed by atoms with van der Waals surface area (Å²) < 4.78 is 13.0. The van der Waals surface area contributed by atoms with Gasteiger partial charge in [-0.3, -0.25) is 4.79 Å². The number of aryl methyl sites for hydroxylation is 1. The van der Waals surface area contributed by atoms with Crippen LogP contribution in [0.5, 0.6) is 0 Å². The van der Waals surface area contributed by atoms with E-state index in [4.69, 9.17) is 11.5 Å². The van der Waals surface area contributed by atoms with Crippen molar-refractivity contribution in [2.45, 2.75) is 63.5 Å². The number of amides is 1. The lowest BCUT2D eigenvalue weighted by Crippen LogP contribution is -2.75. The number of carbonyl (C=O) groups excluding carboxylic acids is 1. The lowest BCUT2D eigenvalue weighted by Gasteiger charge is -2.55. The van der Waals surface area contributed by atoms with Crippen LogP contribution in [0.15, 0.2) is 67.6 Å². The molecule has 200 valence electrons. The molecular formula is C29H46FN5O. The van der Waals surface area contributed by atoms with E-state index in [1.54, 1.807) is 12.2 Å². The van der Waals surface area contributed by atoms with Crippen LogP contribution in [-0.2, 0) is 6.42 Å². The van der Waals surface area contributed by atoms with Crippen LogP contribution in [0.2, 0.25) is 0 Å². The van der Waals surface area contributed by atoms with Gasteiger partial charge in [-0.2, -0.15) is 0 Å². The van der Waals surface area contributed by atoms with Crippen LogP contribution < -0.4 is 22.5 Å². The average molecular weight is 500 g/mol.